The van der Waals surface area contributed by atoms with Gasteiger partial charge in [0.05, 0.1) is 5.56 Å². The van der Waals surface area contributed by atoms with E-state index in [1.165, 1.54) is 0 Å². The molecule has 1 saturated heterocycles. The van der Waals surface area contributed by atoms with E-state index >= 15 is 0 Å². The van der Waals surface area contributed by atoms with Crippen LogP contribution in [0.25, 0.3) is 0 Å². The third-order valence-corrected chi connectivity index (χ3v) is 3.84. The van der Waals surface area contributed by atoms with Gasteiger partial charge in [0.1, 0.15) is 11.5 Å². The van der Waals surface area contributed by atoms with Crippen molar-refractivity contribution in [2.45, 2.75) is 33.6 Å². The zero-order valence-corrected chi connectivity index (χ0v) is 11.3. The number of amides is 1. The summed E-state index contributed by atoms with van der Waals surface area (Å²) in [7, 11) is 0. The molecule has 0 radical (unpaired) electrons. The predicted molar refractivity (Wildman–Crippen MR) is 68.6 cm³/mol. The first-order valence-corrected chi connectivity index (χ1v) is 6.51. The Labute approximate surface area is 108 Å². The van der Waals surface area contributed by atoms with Crippen molar-refractivity contribution in [1.82, 2.24) is 4.90 Å². The van der Waals surface area contributed by atoms with Crippen LogP contribution in [0, 0.1) is 26.7 Å². The average molecular weight is 251 g/mol. The number of aliphatic hydroxyl groups excluding tert-OH is 1. The molecule has 1 amide bonds. The van der Waals surface area contributed by atoms with Crippen molar-refractivity contribution in [2.24, 2.45) is 5.92 Å². The molecule has 1 aliphatic heterocycles. The summed E-state index contributed by atoms with van der Waals surface area (Å²) in [5.74, 6) is 1.77. The van der Waals surface area contributed by atoms with Gasteiger partial charge in [-0.2, -0.15) is 0 Å². The number of carbonyl (C=O) groups is 1. The topological polar surface area (TPSA) is 53.7 Å². The molecule has 2 heterocycles. The number of hydrogen-bond donors (Lipinski definition) is 1. The van der Waals surface area contributed by atoms with Crippen LogP contribution in [0.1, 0.15) is 40.3 Å². The monoisotopic (exact) mass is 251 g/mol. The minimum absolute atomic E-state index is 0.0417. The number of hydrogen-bond acceptors (Lipinski definition) is 3. The van der Waals surface area contributed by atoms with E-state index in [2.05, 4.69) is 0 Å². The lowest BCUT2D eigenvalue weighted by atomic mass is 9.98. The molecule has 0 bridgehead atoms. The van der Waals surface area contributed by atoms with Crippen molar-refractivity contribution in [3.05, 3.63) is 22.6 Å². The molecular formula is C14H21NO3. The van der Waals surface area contributed by atoms with Crippen molar-refractivity contribution in [3.63, 3.8) is 0 Å². The number of carbonyl (C=O) groups excluding carboxylic acids is 1. The van der Waals surface area contributed by atoms with Gasteiger partial charge in [0.2, 0.25) is 0 Å². The number of aliphatic hydroxyl groups is 1. The van der Waals surface area contributed by atoms with E-state index in [9.17, 15) is 9.90 Å². The first-order valence-electron chi connectivity index (χ1n) is 6.51. The van der Waals surface area contributed by atoms with Gasteiger partial charge in [0.25, 0.3) is 5.91 Å². The zero-order chi connectivity index (χ0) is 13.3. The highest BCUT2D eigenvalue weighted by Gasteiger charge is 2.27. The molecule has 18 heavy (non-hydrogen) atoms. The number of rotatable bonds is 2. The van der Waals surface area contributed by atoms with Crippen LogP contribution in [0.4, 0.5) is 0 Å². The van der Waals surface area contributed by atoms with Crippen LogP contribution in [0.2, 0.25) is 0 Å². The van der Waals surface area contributed by atoms with Crippen LogP contribution in [-0.2, 0) is 0 Å². The molecule has 1 aliphatic rings. The Morgan fingerprint density at radius 1 is 1.39 bits per heavy atom. The minimum atomic E-state index is 0.0417. The Balaban J connectivity index is 2.20. The number of nitrogens with zero attached hydrogens (tertiary/aromatic N) is 1. The van der Waals surface area contributed by atoms with Crippen LogP contribution in [0.3, 0.4) is 0 Å². The number of aryl methyl sites for hydroxylation is 2. The maximum Gasteiger partial charge on any atom is 0.257 e. The Bertz CT molecular complexity index is 450. The molecule has 1 atom stereocenters. The number of piperidine rings is 1. The third-order valence-electron chi connectivity index (χ3n) is 3.84. The van der Waals surface area contributed by atoms with Gasteiger partial charge in [-0.25, -0.2) is 0 Å². The van der Waals surface area contributed by atoms with Gasteiger partial charge in [0.15, 0.2) is 0 Å². The van der Waals surface area contributed by atoms with E-state index in [-0.39, 0.29) is 18.4 Å². The quantitative estimate of drug-likeness (QED) is 0.875. The van der Waals surface area contributed by atoms with Gasteiger partial charge in [-0.1, -0.05) is 0 Å². The van der Waals surface area contributed by atoms with E-state index in [0.29, 0.717) is 17.9 Å². The van der Waals surface area contributed by atoms with Crippen LogP contribution >= 0.6 is 0 Å². The van der Waals surface area contributed by atoms with E-state index < -0.39 is 0 Å². The summed E-state index contributed by atoms with van der Waals surface area (Å²) in [6.07, 6.45) is 1.97. The van der Waals surface area contributed by atoms with Gasteiger partial charge >= 0.3 is 0 Å². The molecule has 0 aromatic carbocycles. The normalized spacial score (nSPS) is 20.2. The largest absolute Gasteiger partial charge is 0.466 e. The molecule has 1 aromatic rings. The van der Waals surface area contributed by atoms with E-state index in [1.807, 2.05) is 25.7 Å². The fourth-order valence-electron chi connectivity index (χ4n) is 2.66. The van der Waals surface area contributed by atoms with Gasteiger partial charge < -0.3 is 14.4 Å². The molecule has 1 N–H and O–H groups in total. The summed E-state index contributed by atoms with van der Waals surface area (Å²) in [5, 5.41) is 9.22. The maximum atomic E-state index is 12.5. The fourth-order valence-corrected chi connectivity index (χ4v) is 2.66. The first-order chi connectivity index (χ1) is 8.54. The van der Waals surface area contributed by atoms with Crippen LogP contribution in [0.5, 0.6) is 0 Å². The Kier molecular flexibility index (Phi) is 3.76. The van der Waals surface area contributed by atoms with Crippen LogP contribution in [0.15, 0.2) is 4.42 Å². The fraction of sp³-hybridized carbons (Fsp3) is 0.643. The predicted octanol–water partition coefficient (Wildman–Crippen LogP) is 2.05. The van der Waals surface area contributed by atoms with Gasteiger partial charge in [0, 0.05) is 25.3 Å². The van der Waals surface area contributed by atoms with Crippen molar-refractivity contribution in [3.8, 4) is 0 Å². The Morgan fingerprint density at radius 2 is 2.11 bits per heavy atom. The summed E-state index contributed by atoms with van der Waals surface area (Å²) in [4.78, 5) is 14.3. The second-order valence-corrected chi connectivity index (χ2v) is 5.16. The molecule has 0 saturated carbocycles. The van der Waals surface area contributed by atoms with Crippen molar-refractivity contribution in [2.75, 3.05) is 19.7 Å². The molecule has 1 fully saturated rings. The molecule has 100 valence electrons. The first kappa shape index (κ1) is 13.1. The summed E-state index contributed by atoms with van der Waals surface area (Å²) in [6.45, 7) is 7.22. The highest BCUT2D eigenvalue weighted by molar-refractivity contribution is 5.96. The van der Waals surface area contributed by atoms with Gasteiger partial charge in [-0.3, -0.25) is 4.79 Å². The second-order valence-electron chi connectivity index (χ2n) is 5.16. The van der Waals surface area contributed by atoms with E-state index in [0.717, 1.165) is 30.7 Å². The molecular weight excluding hydrogens is 230 g/mol. The lowest BCUT2D eigenvalue weighted by Gasteiger charge is -2.31. The van der Waals surface area contributed by atoms with E-state index in [1.54, 1.807) is 0 Å². The summed E-state index contributed by atoms with van der Waals surface area (Å²) in [5.41, 5.74) is 1.63. The maximum absolute atomic E-state index is 12.5. The number of furan rings is 1. The highest BCUT2D eigenvalue weighted by atomic mass is 16.3. The smallest absolute Gasteiger partial charge is 0.257 e. The summed E-state index contributed by atoms with van der Waals surface area (Å²) in [6, 6.07) is 0. The lowest BCUT2D eigenvalue weighted by Crippen LogP contribution is -2.41. The van der Waals surface area contributed by atoms with Crippen LogP contribution < -0.4 is 0 Å². The van der Waals surface area contributed by atoms with Gasteiger partial charge in [-0.15, -0.1) is 0 Å². The highest BCUT2D eigenvalue weighted by Crippen LogP contribution is 2.25. The molecule has 0 spiro atoms. The zero-order valence-electron chi connectivity index (χ0n) is 11.3. The molecule has 1 aromatic heterocycles. The van der Waals surface area contributed by atoms with Crippen molar-refractivity contribution >= 4 is 5.91 Å². The summed E-state index contributed by atoms with van der Waals surface area (Å²) < 4.78 is 5.51. The SMILES string of the molecule is Cc1oc(C)c(C(=O)N2CCCC(CO)C2)c1C. The number of likely N-dealkylation sites (tertiary alicyclic amines) is 1. The van der Waals surface area contributed by atoms with Crippen LogP contribution in [-0.4, -0.2) is 35.6 Å². The molecule has 2 rings (SSSR count). The van der Waals surface area contributed by atoms with Crippen molar-refractivity contribution < 1.29 is 14.3 Å². The molecule has 4 heteroatoms. The third kappa shape index (κ3) is 2.29. The Hall–Kier alpha value is -1.29. The second kappa shape index (κ2) is 5.14. The molecule has 0 aliphatic carbocycles. The standard InChI is InChI=1S/C14H21NO3/c1-9-10(2)18-11(3)13(9)14(17)15-6-4-5-12(7-15)8-16/h12,16H,4-8H2,1-3H3. The Morgan fingerprint density at radius 3 is 2.67 bits per heavy atom. The van der Waals surface area contributed by atoms with Crippen molar-refractivity contribution in [1.29, 1.82) is 0 Å². The van der Waals surface area contributed by atoms with Gasteiger partial charge in [-0.05, 0) is 39.5 Å². The minimum Gasteiger partial charge on any atom is -0.466 e. The summed E-state index contributed by atoms with van der Waals surface area (Å²) >= 11 is 0. The molecule has 1 unspecified atom stereocenters. The average Bonchev–Trinajstić information content (AvgIpc) is 2.62. The lowest BCUT2D eigenvalue weighted by molar-refractivity contribution is 0.0618. The van der Waals surface area contributed by atoms with E-state index in [4.69, 9.17) is 4.42 Å². The molecule has 4 nitrogen and oxygen atoms in total.